The summed E-state index contributed by atoms with van der Waals surface area (Å²) in [5.41, 5.74) is 13.2. The maximum absolute atomic E-state index is 13.9. The maximum atomic E-state index is 13.9. The first-order chi connectivity index (χ1) is 29.7. The Hall–Kier alpha value is -8.77. The van der Waals surface area contributed by atoms with E-state index < -0.39 is 29.5 Å². The summed E-state index contributed by atoms with van der Waals surface area (Å²) in [7, 11) is 0. The summed E-state index contributed by atoms with van der Waals surface area (Å²) in [5.74, 6) is -3.08. The van der Waals surface area contributed by atoms with Crippen molar-refractivity contribution in [1.29, 1.82) is 10.8 Å². The number of carboxylic acid groups (broad SMARTS) is 1. The Morgan fingerprint density at radius 2 is 1.00 bits per heavy atom. The predicted molar refractivity (Wildman–Crippen MR) is 232 cm³/mol. The van der Waals surface area contributed by atoms with Crippen molar-refractivity contribution in [3.63, 3.8) is 0 Å². The molecule has 0 aromatic heterocycles. The number of nitrogens with two attached hydrogens (primary N) is 2. The first kappa shape index (κ1) is 40.0. The number of guanidine groups is 2. The molecule has 0 saturated heterocycles. The van der Waals surface area contributed by atoms with Gasteiger partial charge in [-0.2, -0.15) is 0 Å². The van der Waals surface area contributed by atoms with Crippen molar-refractivity contribution in [3.8, 4) is 23.0 Å². The fraction of sp³-hybridized carbons (Fsp3) is 0.0227. The Morgan fingerprint density at radius 3 is 1.47 bits per heavy atom. The second-order valence-corrected chi connectivity index (χ2v) is 14.1. The van der Waals surface area contributed by atoms with Crippen molar-refractivity contribution in [3.05, 3.63) is 166 Å². The summed E-state index contributed by atoms with van der Waals surface area (Å²) in [4.78, 5) is 51.6. The zero-order valence-corrected chi connectivity index (χ0v) is 32.7. The number of carboxylic acids is 1. The van der Waals surface area contributed by atoms with Gasteiger partial charge in [-0.1, -0.05) is 6.07 Å². The van der Waals surface area contributed by atoms with Crippen LogP contribution in [0.5, 0.6) is 23.0 Å². The minimum absolute atomic E-state index is 0.103. The summed E-state index contributed by atoms with van der Waals surface area (Å²) < 4.78 is 24.2. The van der Waals surface area contributed by atoms with Crippen LogP contribution < -0.4 is 46.9 Å². The molecule has 0 atom stereocenters. The summed E-state index contributed by atoms with van der Waals surface area (Å²) in [5, 5.41) is 35.5. The number of ether oxygens (including phenoxy) is 4. The van der Waals surface area contributed by atoms with Crippen LogP contribution in [0, 0.1) is 10.8 Å². The Balaban J connectivity index is 1.12. The number of hydrogen-bond acceptors (Lipinski definition) is 11. The largest absolute Gasteiger partial charge is 0.478 e. The number of hydrogen-bond donors (Lipinski definition) is 9. The fourth-order valence-electron chi connectivity index (χ4n) is 6.91. The summed E-state index contributed by atoms with van der Waals surface area (Å²) in [6.45, 7) is 0. The van der Waals surface area contributed by atoms with E-state index in [1.165, 1.54) is 48.5 Å². The van der Waals surface area contributed by atoms with Crippen LogP contribution in [0.4, 0.5) is 22.7 Å². The standard InChI is InChI=1S/C44H32N8O9S/c45-41(46)49-25-9-3-23(4-10-25)38(55)58-29-14-17-33-35(20-29)60-36-21-30(59-39(56)24-5-11-26(12-6-24)50-42(47)48)15-18-34(36)44(33)32-16-13-28(19-31(32)40(57)61-44)52-43(62)51-27-7-1-22(2-8-27)37(53)54/h1-21H,(H,53,54)(H4,45,46,49)(H4,47,48,50)(H2,51,52,62). The van der Waals surface area contributed by atoms with Crippen LogP contribution in [-0.4, -0.2) is 46.0 Å². The Kier molecular flexibility index (Phi) is 10.4. The smallest absolute Gasteiger partial charge is 0.343 e. The first-order valence-corrected chi connectivity index (χ1v) is 18.8. The van der Waals surface area contributed by atoms with E-state index >= 15 is 0 Å². The molecule has 308 valence electrons. The molecule has 6 aromatic rings. The third-order valence-electron chi connectivity index (χ3n) is 9.62. The van der Waals surface area contributed by atoms with Gasteiger partial charge in [0, 0.05) is 51.6 Å². The normalized spacial score (nSPS) is 14.1. The van der Waals surface area contributed by atoms with Crippen molar-refractivity contribution in [2.24, 2.45) is 11.5 Å². The molecule has 0 aliphatic carbocycles. The maximum Gasteiger partial charge on any atom is 0.343 e. The molecule has 2 aliphatic rings. The van der Waals surface area contributed by atoms with Crippen LogP contribution in [-0.2, 0) is 10.3 Å². The highest BCUT2D eigenvalue weighted by atomic mass is 32.1. The number of thiocarbonyl (C=S) groups is 1. The molecule has 17 nitrogen and oxygen atoms in total. The van der Waals surface area contributed by atoms with Crippen LogP contribution >= 0.6 is 12.2 Å². The molecule has 0 amide bonds. The van der Waals surface area contributed by atoms with Crippen LogP contribution in [0.2, 0.25) is 0 Å². The second kappa shape index (κ2) is 16.1. The van der Waals surface area contributed by atoms with Gasteiger partial charge in [0.25, 0.3) is 0 Å². The van der Waals surface area contributed by atoms with Crippen molar-refractivity contribution < 1.29 is 43.2 Å². The van der Waals surface area contributed by atoms with Gasteiger partial charge >= 0.3 is 23.9 Å². The molecule has 0 saturated carbocycles. The third-order valence-corrected chi connectivity index (χ3v) is 9.82. The molecule has 2 heterocycles. The number of nitrogens with one attached hydrogen (secondary N) is 6. The van der Waals surface area contributed by atoms with Gasteiger partial charge in [0.2, 0.25) is 0 Å². The quantitative estimate of drug-likeness (QED) is 0.0238. The second-order valence-electron chi connectivity index (χ2n) is 13.7. The zero-order valence-electron chi connectivity index (χ0n) is 31.9. The van der Waals surface area contributed by atoms with Gasteiger partial charge in [-0.05, 0) is 121 Å². The molecule has 0 fully saturated rings. The van der Waals surface area contributed by atoms with E-state index in [1.807, 2.05) is 0 Å². The lowest BCUT2D eigenvalue weighted by atomic mass is 9.77. The molecule has 18 heteroatoms. The van der Waals surface area contributed by atoms with E-state index in [2.05, 4.69) is 21.3 Å². The highest BCUT2D eigenvalue weighted by molar-refractivity contribution is 7.80. The highest BCUT2D eigenvalue weighted by Crippen LogP contribution is 2.57. The first-order valence-electron chi connectivity index (χ1n) is 18.4. The molecular formula is C44H32N8O9S. The van der Waals surface area contributed by atoms with E-state index in [-0.39, 0.29) is 62.3 Å². The molecule has 0 unspecified atom stereocenters. The lowest BCUT2D eigenvalue weighted by Gasteiger charge is -2.36. The minimum Gasteiger partial charge on any atom is -0.478 e. The molecule has 8 rings (SSSR count). The molecule has 11 N–H and O–H groups in total. The molecular weight excluding hydrogens is 817 g/mol. The number of rotatable bonds is 9. The average molecular weight is 849 g/mol. The third kappa shape index (κ3) is 7.98. The van der Waals surface area contributed by atoms with Gasteiger partial charge in [-0.15, -0.1) is 0 Å². The van der Waals surface area contributed by atoms with Crippen LogP contribution in [0.3, 0.4) is 0 Å². The number of carbonyl (C=O) groups is 4. The zero-order chi connectivity index (χ0) is 43.7. The average Bonchev–Trinajstić information content (AvgIpc) is 3.52. The van der Waals surface area contributed by atoms with Crippen molar-refractivity contribution in [1.82, 2.24) is 0 Å². The highest BCUT2D eigenvalue weighted by Gasteiger charge is 2.54. The van der Waals surface area contributed by atoms with Gasteiger partial charge in [-0.25, -0.2) is 19.2 Å². The summed E-state index contributed by atoms with van der Waals surface area (Å²) in [6, 6.07) is 32.6. The minimum atomic E-state index is -1.58. The topological polar surface area (TPSA) is 273 Å². The van der Waals surface area contributed by atoms with Crippen molar-refractivity contribution in [2.75, 3.05) is 21.3 Å². The lowest BCUT2D eigenvalue weighted by Crippen LogP contribution is -2.33. The van der Waals surface area contributed by atoms with Gasteiger partial charge < -0.3 is 56.8 Å². The van der Waals surface area contributed by atoms with Crippen molar-refractivity contribution in [2.45, 2.75) is 5.60 Å². The van der Waals surface area contributed by atoms with Gasteiger partial charge in [-0.3, -0.25) is 10.8 Å². The monoisotopic (exact) mass is 848 g/mol. The number of esters is 3. The van der Waals surface area contributed by atoms with Crippen LogP contribution in [0.25, 0.3) is 0 Å². The lowest BCUT2D eigenvalue weighted by molar-refractivity contribution is 0.0224. The summed E-state index contributed by atoms with van der Waals surface area (Å²) in [6.07, 6.45) is 0. The molecule has 62 heavy (non-hydrogen) atoms. The molecule has 0 radical (unpaired) electrons. The Labute approximate surface area is 356 Å². The van der Waals surface area contributed by atoms with E-state index in [0.29, 0.717) is 39.4 Å². The van der Waals surface area contributed by atoms with Crippen LogP contribution in [0.1, 0.15) is 58.1 Å². The van der Waals surface area contributed by atoms with Gasteiger partial charge in [0.15, 0.2) is 22.6 Å². The van der Waals surface area contributed by atoms with Gasteiger partial charge in [0.05, 0.1) is 22.3 Å². The SMILES string of the molecule is N=C(N)Nc1ccc(C(=O)Oc2ccc3c(c2)Oc2cc(OC(=O)c4ccc(NC(=N)N)cc4)ccc2C32OC(=O)c3cc(NC(=S)Nc4ccc(C(=O)O)cc4)ccc32)cc1. The number of carbonyl (C=O) groups excluding carboxylic acids is 3. The number of anilines is 4. The van der Waals surface area contributed by atoms with Gasteiger partial charge in [0.1, 0.15) is 23.0 Å². The van der Waals surface area contributed by atoms with Crippen LogP contribution in [0.15, 0.2) is 127 Å². The number of fused-ring (bicyclic) bond motifs is 6. The van der Waals surface area contributed by atoms with E-state index in [9.17, 15) is 24.3 Å². The fourth-order valence-corrected chi connectivity index (χ4v) is 7.14. The number of aromatic carboxylic acids is 1. The molecule has 1 spiro atoms. The summed E-state index contributed by atoms with van der Waals surface area (Å²) >= 11 is 5.50. The molecule has 2 aliphatic heterocycles. The Morgan fingerprint density at radius 1 is 0.581 bits per heavy atom. The Bertz CT molecular complexity index is 2750. The molecule has 0 bridgehead atoms. The van der Waals surface area contributed by atoms with Crippen molar-refractivity contribution >= 4 is 75.9 Å². The predicted octanol–water partition coefficient (Wildman–Crippen LogP) is 6.81. The number of benzene rings is 6. The van der Waals surface area contributed by atoms with E-state index in [1.54, 1.807) is 78.9 Å². The van der Waals surface area contributed by atoms with E-state index in [0.717, 1.165) is 0 Å². The van der Waals surface area contributed by atoms with E-state index in [4.69, 9.17) is 53.5 Å². The molecule has 6 aromatic carbocycles.